The molecule has 1 N–H and O–H groups in total. The van der Waals surface area contributed by atoms with E-state index in [1.807, 2.05) is 0 Å². The zero-order valence-corrected chi connectivity index (χ0v) is 13.5. The number of hydrogen-bond donors (Lipinski definition) is 1. The highest BCUT2D eigenvalue weighted by molar-refractivity contribution is 6.09. The second-order valence-electron chi connectivity index (χ2n) is 6.15. The van der Waals surface area contributed by atoms with Gasteiger partial charge in [0.05, 0.1) is 6.42 Å². The average Bonchev–Trinajstić information content (AvgIpc) is 2.55. The molecule has 2 amide bonds. The second-order valence-corrected chi connectivity index (χ2v) is 6.15. The molecule has 0 bridgehead atoms. The molecule has 24 heavy (non-hydrogen) atoms. The van der Waals surface area contributed by atoms with Crippen molar-refractivity contribution in [2.75, 3.05) is 0 Å². The third-order valence-electron chi connectivity index (χ3n) is 4.27. The molecule has 0 fully saturated rings. The number of fused-ring (bicyclic) bond motifs is 1. The van der Waals surface area contributed by atoms with E-state index in [4.69, 9.17) is 0 Å². The number of nitrogens with one attached hydrogen (secondary N) is 1. The van der Waals surface area contributed by atoms with Gasteiger partial charge in [-0.3, -0.25) is 9.59 Å². The summed E-state index contributed by atoms with van der Waals surface area (Å²) < 4.78 is 13.3. The molecule has 1 aromatic carbocycles. The molecule has 6 heteroatoms. The van der Waals surface area contributed by atoms with E-state index >= 15 is 0 Å². The van der Waals surface area contributed by atoms with Crippen LogP contribution in [0.25, 0.3) is 0 Å². The third kappa shape index (κ3) is 2.87. The van der Waals surface area contributed by atoms with E-state index in [0.717, 1.165) is 5.56 Å². The van der Waals surface area contributed by atoms with Crippen LogP contribution < -0.4 is 5.32 Å². The number of hydrogen-bond acceptors (Lipinski definition) is 3. The standard InChI is InChI=1S/C18H18FN3O2/c1-12-9-13(6-7-14(12)19)11-20-17(24)18(2)10-16(23)21-15-5-3-4-8-22(15)18/h3-9H,10-11H2,1-2H3,(H,20,24). The molecule has 2 heterocycles. The molecule has 2 aliphatic heterocycles. The first kappa shape index (κ1) is 16.1. The van der Waals surface area contributed by atoms with Gasteiger partial charge >= 0.3 is 0 Å². The first-order valence-corrected chi connectivity index (χ1v) is 7.69. The molecule has 0 aliphatic carbocycles. The molecule has 1 aromatic rings. The fourth-order valence-corrected chi connectivity index (χ4v) is 2.87. The Kier molecular flexibility index (Phi) is 4.05. The molecule has 5 nitrogen and oxygen atoms in total. The van der Waals surface area contributed by atoms with Crippen LogP contribution in [0.15, 0.2) is 47.6 Å². The largest absolute Gasteiger partial charge is 0.350 e. The fourth-order valence-electron chi connectivity index (χ4n) is 2.87. The van der Waals surface area contributed by atoms with Crippen molar-refractivity contribution >= 4 is 17.6 Å². The number of benzene rings is 1. The van der Waals surface area contributed by atoms with Crippen LogP contribution in [-0.2, 0) is 16.1 Å². The van der Waals surface area contributed by atoms with Crippen molar-refractivity contribution in [3.05, 3.63) is 59.6 Å². The van der Waals surface area contributed by atoms with Gasteiger partial charge in [0.25, 0.3) is 5.91 Å². The summed E-state index contributed by atoms with van der Waals surface area (Å²) in [6, 6.07) is 4.71. The van der Waals surface area contributed by atoms with Crippen molar-refractivity contribution in [2.24, 2.45) is 4.99 Å². The highest BCUT2D eigenvalue weighted by atomic mass is 19.1. The number of aliphatic imine (C=N–C) groups is 1. The Morgan fingerprint density at radius 1 is 1.42 bits per heavy atom. The first-order valence-electron chi connectivity index (χ1n) is 7.69. The summed E-state index contributed by atoms with van der Waals surface area (Å²) in [5, 5.41) is 2.84. The molecule has 0 saturated heterocycles. The smallest absolute Gasteiger partial charge is 0.250 e. The summed E-state index contributed by atoms with van der Waals surface area (Å²) in [6.07, 6.45) is 7.01. The van der Waals surface area contributed by atoms with Crippen LogP contribution >= 0.6 is 0 Å². The number of carbonyl (C=O) groups excluding carboxylic acids is 2. The SMILES string of the molecule is Cc1cc(CNC(=O)C2(C)CC(=O)N=C3C=CC=CN32)ccc1F. The van der Waals surface area contributed by atoms with Gasteiger partial charge in [-0.25, -0.2) is 4.39 Å². The monoisotopic (exact) mass is 327 g/mol. The van der Waals surface area contributed by atoms with Gasteiger partial charge in [0, 0.05) is 12.7 Å². The van der Waals surface area contributed by atoms with Gasteiger partial charge in [-0.15, -0.1) is 0 Å². The predicted molar refractivity (Wildman–Crippen MR) is 88.6 cm³/mol. The normalized spacial score (nSPS) is 22.2. The Balaban J connectivity index is 1.77. The summed E-state index contributed by atoms with van der Waals surface area (Å²) in [6.45, 7) is 3.66. The zero-order chi connectivity index (χ0) is 17.3. The summed E-state index contributed by atoms with van der Waals surface area (Å²) in [4.78, 5) is 30.3. The highest BCUT2D eigenvalue weighted by Crippen LogP contribution is 2.28. The quantitative estimate of drug-likeness (QED) is 0.926. The Morgan fingerprint density at radius 3 is 2.96 bits per heavy atom. The minimum absolute atomic E-state index is 0.00294. The molecule has 0 radical (unpaired) electrons. The van der Waals surface area contributed by atoms with Crippen molar-refractivity contribution in [2.45, 2.75) is 32.4 Å². The maximum absolute atomic E-state index is 13.3. The van der Waals surface area contributed by atoms with Crippen LogP contribution in [0.2, 0.25) is 0 Å². The maximum atomic E-state index is 13.3. The van der Waals surface area contributed by atoms with Crippen LogP contribution in [0.1, 0.15) is 24.5 Å². The van der Waals surface area contributed by atoms with E-state index in [1.165, 1.54) is 6.07 Å². The lowest BCUT2D eigenvalue weighted by Crippen LogP contribution is -2.59. The van der Waals surface area contributed by atoms with Gasteiger partial charge in [-0.05, 0) is 43.2 Å². The zero-order valence-electron chi connectivity index (χ0n) is 13.5. The van der Waals surface area contributed by atoms with Crippen molar-refractivity contribution < 1.29 is 14.0 Å². The van der Waals surface area contributed by atoms with Crippen molar-refractivity contribution in [1.82, 2.24) is 10.2 Å². The Labute approximate surface area is 139 Å². The summed E-state index contributed by atoms with van der Waals surface area (Å²) in [5.41, 5.74) is 0.292. The van der Waals surface area contributed by atoms with Gasteiger partial charge in [0.15, 0.2) is 0 Å². The van der Waals surface area contributed by atoms with Crippen LogP contribution in [0.4, 0.5) is 4.39 Å². The number of aryl methyl sites for hydroxylation is 1. The fraction of sp³-hybridized carbons (Fsp3) is 0.278. The van der Waals surface area contributed by atoms with Gasteiger partial charge in [-0.2, -0.15) is 4.99 Å². The number of allylic oxidation sites excluding steroid dienone is 2. The van der Waals surface area contributed by atoms with E-state index in [0.29, 0.717) is 11.4 Å². The number of carbonyl (C=O) groups is 2. The van der Waals surface area contributed by atoms with E-state index in [-0.39, 0.29) is 30.6 Å². The Bertz CT molecular complexity index is 797. The maximum Gasteiger partial charge on any atom is 0.250 e. The number of amides is 2. The van der Waals surface area contributed by atoms with E-state index in [1.54, 1.807) is 55.3 Å². The number of nitrogens with zero attached hydrogens (tertiary/aromatic N) is 2. The summed E-state index contributed by atoms with van der Waals surface area (Å²) in [7, 11) is 0. The van der Waals surface area contributed by atoms with E-state index in [2.05, 4.69) is 10.3 Å². The lowest BCUT2D eigenvalue weighted by Gasteiger charge is -2.41. The second kappa shape index (κ2) is 6.03. The van der Waals surface area contributed by atoms with Gasteiger partial charge in [0.1, 0.15) is 17.2 Å². The molecular weight excluding hydrogens is 309 g/mol. The first-order chi connectivity index (χ1) is 11.4. The van der Waals surface area contributed by atoms with Gasteiger partial charge in [0.2, 0.25) is 5.91 Å². The van der Waals surface area contributed by atoms with E-state index in [9.17, 15) is 14.0 Å². The third-order valence-corrected chi connectivity index (χ3v) is 4.27. The molecule has 0 aromatic heterocycles. The molecule has 1 unspecified atom stereocenters. The molecule has 0 spiro atoms. The van der Waals surface area contributed by atoms with Crippen molar-refractivity contribution in [1.29, 1.82) is 0 Å². The predicted octanol–water partition coefficient (Wildman–Crippen LogP) is 2.22. The van der Waals surface area contributed by atoms with Gasteiger partial charge < -0.3 is 10.2 Å². The molecule has 3 rings (SSSR count). The van der Waals surface area contributed by atoms with Crippen LogP contribution in [0.5, 0.6) is 0 Å². The minimum atomic E-state index is -1.04. The topological polar surface area (TPSA) is 61.8 Å². The van der Waals surface area contributed by atoms with Gasteiger partial charge in [-0.1, -0.05) is 18.2 Å². The van der Waals surface area contributed by atoms with E-state index < -0.39 is 5.54 Å². The molecule has 1 atom stereocenters. The van der Waals surface area contributed by atoms with Crippen LogP contribution in [-0.4, -0.2) is 28.1 Å². The average molecular weight is 327 g/mol. The Morgan fingerprint density at radius 2 is 2.21 bits per heavy atom. The summed E-state index contributed by atoms with van der Waals surface area (Å²) in [5.74, 6) is -0.410. The van der Waals surface area contributed by atoms with Crippen molar-refractivity contribution in [3.8, 4) is 0 Å². The van der Waals surface area contributed by atoms with Crippen molar-refractivity contribution in [3.63, 3.8) is 0 Å². The molecule has 2 aliphatic rings. The lowest BCUT2D eigenvalue weighted by atomic mass is 9.91. The Hall–Kier alpha value is -2.76. The number of halogens is 1. The molecular formula is C18H18FN3O2. The van der Waals surface area contributed by atoms with Crippen LogP contribution in [0, 0.1) is 12.7 Å². The lowest BCUT2D eigenvalue weighted by molar-refractivity contribution is -0.134. The van der Waals surface area contributed by atoms with Crippen LogP contribution in [0.3, 0.4) is 0 Å². The number of rotatable bonds is 3. The highest BCUT2D eigenvalue weighted by Gasteiger charge is 2.44. The molecule has 124 valence electrons. The summed E-state index contributed by atoms with van der Waals surface area (Å²) >= 11 is 0. The minimum Gasteiger partial charge on any atom is -0.350 e. The number of amidine groups is 1. The molecule has 0 saturated carbocycles.